The number of nitrogens with one attached hydrogen (secondary N) is 4. The van der Waals surface area contributed by atoms with Crippen LogP contribution < -0.4 is 21.7 Å². The highest BCUT2D eigenvalue weighted by atomic mass is 32.2. The van der Waals surface area contributed by atoms with E-state index in [0.29, 0.717) is 11.4 Å². The summed E-state index contributed by atoms with van der Waals surface area (Å²) >= 11 is 1.47. The Balaban J connectivity index is 2.23. The standard InChI is InChI=1S/C23H32N6O5S/c1-14(24)20(30)28-19(11-16-12-25-13-26-16)22(32)29-18(10-15-6-4-3-5-7-15)21(31)27-17(23(33)34)8-9-35-2/h3-7,12-14,17-19H,8-11,24H2,1-2H3,(H,25,26)(H,27,31)(H,28,30)(H,29,32)(H,33,34). The first kappa shape index (κ1) is 27.9. The molecule has 0 fully saturated rings. The molecule has 0 bridgehead atoms. The van der Waals surface area contributed by atoms with Gasteiger partial charge < -0.3 is 31.8 Å². The molecule has 1 heterocycles. The van der Waals surface area contributed by atoms with E-state index < -0.39 is 47.9 Å². The second kappa shape index (κ2) is 14.1. The fraction of sp³-hybridized carbons (Fsp3) is 0.435. The summed E-state index contributed by atoms with van der Waals surface area (Å²) in [5, 5.41) is 17.3. The van der Waals surface area contributed by atoms with E-state index in [1.165, 1.54) is 31.2 Å². The third-order valence-electron chi connectivity index (χ3n) is 5.17. The lowest BCUT2D eigenvalue weighted by molar-refractivity contribution is -0.142. The Morgan fingerprint density at radius 3 is 2.14 bits per heavy atom. The number of carboxylic acids is 1. The van der Waals surface area contributed by atoms with Crippen molar-refractivity contribution in [3.8, 4) is 0 Å². The first-order valence-corrected chi connectivity index (χ1v) is 12.5. The van der Waals surface area contributed by atoms with Crippen LogP contribution in [0, 0.1) is 0 Å². The molecule has 0 radical (unpaired) electrons. The van der Waals surface area contributed by atoms with Gasteiger partial charge in [-0.2, -0.15) is 11.8 Å². The zero-order valence-corrected chi connectivity index (χ0v) is 20.5. The van der Waals surface area contributed by atoms with Crippen molar-refractivity contribution in [1.82, 2.24) is 25.9 Å². The Bertz CT molecular complexity index is 970. The average molecular weight is 505 g/mol. The maximum Gasteiger partial charge on any atom is 0.326 e. The molecule has 0 aliphatic rings. The van der Waals surface area contributed by atoms with Gasteiger partial charge in [0.2, 0.25) is 17.7 Å². The number of hydrogen-bond acceptors (Lipinski definition) is 7. The monoisotopic (exact) mass is 504 g/mol. The molecule has 35 heavy (non-hydrogen) atoms. The summed E-state index contributed by atoms with van der Waals surface area (Å²) in [6, 6.07) is 4.98. The summed E-state index contributed by atoms with van der Waals surface area (Å²) in [7, 11) is 0. The van der Waals surface area contributed by atoms with Crippen molar-refractivity contribution in [3.05, 3.63) is 54.1 Å². The molecule has 1 aromatic heterocycles. The van der Waals surface area contributed by atoms with Crippen LogP contribution >= 0.6 is 11.8 Å². The number of nitrogens with zero attached hydrogens (tertiary/aromatic N) is 1. The first-order valence-electron chi connectivity index (χ1n) is 11.1. The molecule has 0 saturated heterocycles. The number of rotatable bonds is 14. The molecule has 7 N–H and O–H groups in total. The van der Waals surface area contributed by atoms with Crippen LogP contribution in [-0.4, -0.2) is 74.9 Å². The third-order valence-corrected chi connectivity index (χ3v) is 5.81. The van der Waals surface area contributed by atoms with Gasteiger partial charge >= 0.3 is 5.97 Å². The molecule has 11 nitrogen and oxygen atoms in total. The number of carbonyl (C=O) groups is 4. The smallest absolute Gasteiger partial charge is 0.326 e. The molecule has 1 aromatic carbocycles. The van der Waals surface area contributed by atoms with E-state index >= 15 is 0 Å². The van der Waals surface area contributed by atoms with Gasteiger partial charge in [-0.1, -0.05) is 30.3 Å². The number of amides is 3. The minimum absolute atomic E-state index is 0.0927. The van der Waals surface area contributed by atoms with E-state index in [4.69, 9.17) is 5.73 Å². The molecule has 0 spiro atoms. The van der Waals surface area contributed by atoms with Crippen molar-refractivity contribution in [2.24, 2.45) is 5.73 Å². The fourth-order valence-corrected chi connectivity index (χ4v) is 3.70. The highest BCUT2D eigenvalue weighted by Crippen LogP contribution is 2.08. The van der Waals surface area contributed by atoms with E-state index in [9.17, 15) is 24.3 Å². The lowest BCUT2D eigenvalue weighted by Gasteiger charge is -2.25. The normalized spacial score (nSPS) is 14.3. The van der Waals surface area contributed by atoms with Gasteiger partial charge in [0.05, 0.1) is 12.4 Å². The van der Waals surface area contributed by atoms with Gasteiger partial charge in [0.1, 0.15) is 18.1 Å². The highest BCUT2D eigenvalue weighted by molar-refractivity contribution is 7.98. The third kappa shape index (κ3) is 9.41. The average Bonchev–Trinajstić information content (AvgIpc) is 3.34. The minimum atomic E-state index is -1.15. The van der Waals surface area contributed by atoms with Crippen molar-refractivity contribution in [1.29, 1.82) is 0 Å². The predicted octanol–water partition coefficient (Wildman–Crippen LogP) is -0.166. The quantitative estimate of drug-likeness (QED) is 0.205. The van der Waals surface area contributed by atoms with Crippen LogP contribution in [0.15, 0.2) is 42.9 Å². The Kier molecular flexibility index (Phi) is 11.2. The van der Waals surface area contributed by atoms with Gasteiger partial charge in [-0.15, -0.1) is 0 Å². The van der Waals surface area contributed by atoms with Crippen LogP contribution in [0.2, 0.25) is 0 Å². The van der Waals surface area contributed by atoms with Gasteiger partial charge in [-0.05, 0) is 30.9 Å². The van der Waals surface area contributed by atoms with Crippen LogP contribution in [0.4, 0.5) is 0 Å². The van der Waals surface area contributed by atoms with Crippen molar-refractivity contribution < 1.29 is 24.3 Å². The number of nitrogens with two attached hydrogens (primary N) is 1. The van der Waals surface area contributed by atoms with E-state index in [0.717, 1.165) is 5.56 Å². The molecular weight excluding hydrogens is 472 g/mol. The number of H-pyrrole nitrogens is 1. The number of carboxylic acid groups (broad SMARTS) is 1. The van der Waals surface area contributed by atoms with Crippen LogP contribution in [0.1, 0.15) is 24.6 Å². The Morgan fingerprint density at radius 1 is 1.00 bits per heavy atom. The number of aromatic nitrogens is 2. The molecule has 3 amide bonds. The summed E-state index contributed by atoms with van der Waals surface area (Å²) in [4.78, 5) is 57.0. The summed E-state index contributed by atoms with van der Waals surface area (Å²) < 4.78 is 0. The summed E-state index contributed by atoms with van der Waals surface area (Å²) in [5.74, 6) is -2.38. The maximum atomic E-state index is 13.2. The van der Waals surface area contributed by atoms with Crippen LogP contribution in [0.25, 0.3) is 0 Å². The van der Waals surface area contributed by atoms with Crippen molar-refractivity contribution >= 4 is 35.5 Å². The largest absolute Gasteiger partial charge is 0.480 e. The Morgan fingerprint density at radius 2 is 1.60 bits per heavy atom. The molecule has 0 aliphatic heterocycles. The summed E-state index contributed by atoms with van der Waals surface area (Å²) in [5.41, 5.74) is 7.02. The molecule has 4 atom stereocenters. The summed E-state index contributed by atoms with van der Waals surface area (Å²) in [6.45, 7) is 1.49. The van der Waals surface area contributed by atoms with Crippen LogP contribution in [0.3, 0.4) is 0 Å². The van der Waals surface area contributed by atoms with E-state index in [2.05, 4.69) is 25.9 Å². The topological polar surface area (TPSA) is 179 Å². The Hall–Kier alpha value is -3.38. The lowest BCUT2D eigenvalue weighted by atomic mass is 10.0. The molecule has 12 heteroatoms. The number of aliphatic carboxylic acids is 1. The number of thioether (sulfide) groups is 1. The van der Waals surface area contributed by atoms with Crippen molar-refractivity contribution in [3.63, 3.8) is 0 Å². The number of hydrogen-bond donors (Lipinski definition) is 6. The SMILES string of the molecule is CSCCC(NC(=O)C(Cc1ccccc1)NC(=O)C(Cc1cnc[nH]1)NC(=O)C(C)N)C(=O)O. The molecular formula is C23H32N6O5S. The molecule has 4 unspecified atom stereocenters. The number of carbonyl (C=O) groups excluding carboxylic acids is 3. The van der Waals surface area contributed by atoms with E-state index in [1.54, 1.807) is 24.3 Å². The number of benzene rings is 1. The molecule has 190 valence electrons. The van der Waals surface area contributed by atoms with E-state index in [1.807, 2.05) is 12.3 Å². The minimum Gasteiger partial charge on any atom is -0.480 e. The van der Waals surface area contributed by atoms with Gasteiger partial charge in [-0.25, -0.2) is 9.78 Å². The fourth-order valence-electron chi connectivity index (χ4n) is 3.23. The zero-order chi connectivity index (χ0) is 25.8. The molecule has 0 saturated carbocycles. The van der Waals surface area contributed by atoms with Gasteiger partial charge in [0.15, 0.2) is 0 Å². The van der Waals surface area contributed by atoms with E-state index in [-0.39, 0.29) is 19.3 Å². The van der Waals surface area contributed by atoms with Gasteiger partial charge in [0, 0.05) is 24.7 Å². The van der Waals surface area contributed by atoms with Crippen molar-refractivity contribution in [2.75, 3.05) is 12.0 Å². The lowest BCUT2D eigenvalue weighted by Crippen LogP contribution is -2.58. The van der Waals surface area contributed by atoms with Crippen LogP contribution in [0.5, 0.6) is 0 Å². The molecule has 0 aliphatic carbocycles. The maximum absolute atomic E-state index is 13.2. The zero-order valence-electron chi connectivity index (χ0n) is 19.7. The van der Waals surface area contributed by atoms with Crippen molar-refractivity contribution in [2.45, 2.75) is 50.4 Å². The predicted molar refractivity (Wildman–Crippen MR) is 133 cm³/mol. The summed E-state index contributed by atoms with van der Waals surface area (Å²) in [6.07, 6.45) is 5.27. The van der Waals surface area contributed by atoms with Gasteiger partial charge in [0.25, 0.3) is 0 Å². The Labute approximate surface area is 208 Å². The second-order valence-electron chi connectivity index (χ2n) is 8.06. The number of imidazole rings is 1. The first-order chi connectivity index (χ1) is 16.7. The molecule has 2 aromatic rings. The molecule has 2 rings (SSSR count). The number of aromatic amines is 1. The second-order valence-corrected chi connectivity index (χ2v) is 9.05. The highest BCUT2D eigenvalue weighted by Gasteiger charge is 2.30. The van der Waals surface area contributed by atoms with Gasteiger partial charge in [-0.3, -0.25) is 14.4 Å². The van der Waals surface area contributed by atoms with Crippen LogP contribution in [-0.2, 0) is 32.0 Å².